The van der Waals surface area contributed by atoms with Gasteiger partial charge in [-0.2, -0.15) is 4.31 Å². The maximum absolute atomic E-state index is 12.9. The number of amides is 1. The minimum Gasteiger partial charge on any atom is -0.352 e. The van der Waals surface area contributed by atoms with Crippen LogP contribution >= 0.6 is 0 Å². The van der Waals surface area contributed by atoms with E-state index in [0.717, 1.165) is 45.2 Å². The molecule has 0 spiro atoms. The van der Waals surface area contributed by atoms with Crippen molar-refractivity contribution in [1.29, 1.82) is 0 Å². The molecule has 0 aromatic heterocycles. The summed E-state index contributed by atoms with van der Waals surface area (Å²) in [7, 11) is -3.52. The number of benzene rings is 1. The summed E-state index contributed by atoms with van der Waals surface area (Å²) in [6, 6.07) is 6.97. The maximum Gasteiger partial charge on any atom is 0.251 e. The zero-order valence-electron chi connectivity index (χ0n) is 17.1. The van der Waals surface area contributed by atoms with Crippen molar-refractivity contribution in [3.05, 3.63) is 29.8 Å². The molecule has 156 valence electrons. The van der Waals surface area contributed by atoms with E-state index in [1.54, 1.807) is 18.2 Å². The van der Waals surface area contributed by atoms with Gasteiger partial charge >= 0.3 is 0 Å². The number of carbonyl (C=O) groups excluding carboxylic acids is 1. The monoisotopic (exact) mass is 407 g/mol. The van der Waals surface area contributed by atoms with E-state index < -0.39 is 10.0 Å². The molecule has 1 N–H and O–H groups in total. The minimum absolute atomic E-state index is 0.197. The number of hydrogen-bond acceptors (Lipinski definition) is 4. The van der Waals surface area contributed by atoms with Crippen LogP contribution in [-0.2, 0) is 10.0 Å². The highest BCUT2D eigenvalue weighted by Crippen LogP contribution is 2.22. The summed E-state index contributed by atoms with van der Waals surface area (Å²) in [4.78, 5) is 15.3. The fraction of sp³-hybridized carbons (Fsp3) is 0.667. The van der Waals surface area contributed by atoms with Gasteiger partial charge in [0, 0.05) is 37.8 Å². The summed E-state index contributed by atoms with van der Waals surface area (Å²) in [5.74, 6) is 0.248. The molecule has 3 rings (SSSR count). The summed E-state index contributed by atoms with van der Waals surface area (Å²) in [5.41, 5.74) is 0.412. The summed E-state index contributed by atoms with van der Waals surface area (Å²) in [5, 5.41) is 3.01. The third kappa shape index (κ3) is 5.13. The van der Waals surface area contributed by atoms with Crippen molar-refractivity contribution in [3.8, 4) is 0 Å². The van der Waals surface area contributed by atoms with Crippen LogP contribution in [0, 0.1) is 5.92 Å². The first-order chi connectivity index (χ1) is 13.4. The van der Waals surface area contributed by atoms with E-state index in [-0.39, 0.29) is 10.8 Å². The van der Waals surface area contributed by atoms with Crippen LogP contribution < -0.4 is 5.32 Å². The molecule has 2 aliphatic heterocycles. The second kappa shape index (κ2) is 9.37. The van der Waals surface area contributed by atoms with Crippen LogP contribution in [0.1, 0.15) is 56.3 Å². The van der Waals surface area contributed by atoms with Crippen molar-refractivity contribution >= 4 is 15.9 Å². The van der Waals surface area contributed by atoms with Crippen LogP contribution in [0.25, 0.3) is 0 Å². The molecule has 1 unspecified atom stereocenters. The lowest BCUT2D eigenvalue weighted by Gasteiger charge is -2.35. The highest BCUT2D eigenvalue weighted by molar-refractivity contribution is 7.89. The Bertz CT molecular complexity index is 773. The van der Waals surface area contributed by atoms with Crippen LogP contribution in [0.3, 0.4) is 0 Å². The van der Waals surface area contributed by atoms with E-state index in [2.05, 4.69) is 24.1 Å². The van der Waals surface area contributed by atoms with E-state index in [1.807, 2.05) is 0 Å². The molecular weight excluding hydrogens is 374 g/mol. The summed E-state index contributed by atoms with van der Waals surface area (Å²) >= 11 is 0. The Morgan fingerprint density at radius 1 is 1.14 bits per heavy atom. The van der Waals surface area contributed by atoms with Gasteiger partial charge in [0.1, 0.15) is 0 Å². The number of rotatable bonds is 6. The number of hydrogen-bond donors (Lipinski definition) is 1. The van der Waals surface area contributed by atoms with Crippen LogP contribution in [0.15, 0.2) is 29.2 Å². The molecule has 2 fully saturated rings. The van der Waals surface area contributed by atoms with Crippen LogP contribution in [0.4, 0.5) is 0 Å². The molecule has 2 heterocycles. The van der Waals surface area contributed by atoms with E-state index in [1.165, 1.54) is 10.4 Å². The molecule has 2 aliphatic rings. The van der Waals surface area contributed by atoms with Crippen molar-refractivity contribution < 1.29 is 13.2 Å². The molecule has 2 saturated heterocycles. The Morgan fingerprint density at radius 2 is 1.89 bits per heavy atom. The SMILES string of the molecule is CC(C)N1CCCC(CNC(=O)c2cccc(S(=O)(=O)N3CCCCC3)c2)C1. The third-order valence-corrected chi connectivity index (χ3v) is 7.78. The van der Waals surface area contributed by atoms with Gasteiger partial charge in [-0.1, -0.05) is 12.5 Å². The number of sulfonamides is 1. The standard InChI is InChI=1S/C21H33N3O3S/c1-17(2)23-11-7-8-18(16-23)15-22-21(25)19-9-6-10-20(14-19)28(26,27)24-12-4-3-5-13-24/h6,9-10,14,17-18H,3-5,7-8,11-13,15-16H2,1-2H3,(H,22,25). The summed E-state index contributed by atoms with van der Waals surface area (Å²) in [6.07, 6.45) is 5.14. The van der Waals surface area contributed by atoms with Gasteiger partial charge in [-0.3, -0.25) is 4.79 Å². The van der Waals surface area contributed by atoms with E-state index in [0.29, 0.717) is 37.2 Å². The highest BCUT2D eigenvalue weighted by Gasteiger charge is 2.27. The molecule has 1 amide bonds. The van der Waals surface area contributed by atoms with Gasteiger partial charge < -0.3 is 10.2 Å². The molecule has 1 aromatic carbocycles. The predicted molar refractivity (Wildman–Crippen MR) is 111 cm³/mol. The van der Waals surface area contributed by atoms with Crippen molar-refractivity contribution in [2.75, 3.05) is 32.7 Å². The predicted octanol–water partition coefficient (Wildman–Crippen LogP) is 2.71. The minimum atomic E-state index is -3.52. The van der Waals surface area contributed by atoms with Gasteiger partial charge in [0.2, 0.25) is 10.0 Å². The zero-order valence-corrected chi connectivity index (χ0v) is 17.9. The van der Waals surface area contributed by atoms with Gasteiger partial charge in [0.25, 0.3) is 5.91 Å². The highest BCUT2D eigenvalue weighted by atomic mass is 32.2. The summed E-state index contributed by atoms with van der Waals surface area (Å²) < 4.78 is 27.2. The Kier molecular flexibility index (Phi) is 7.12. The molecule has 6 nitrogen and oxygen atoms in total. The average Bonchev–Trinajstić information content (AvgIpc) is 2.73. The lowest BCUT2D eigenvalue weighted by Crippen LogP contribution is -2.43. The number of carbonyl (C=O) groups is 1. The maximum atomic E-state index is 12.9. The molecular formula is C21H33N3O3S. The third-order valence-electron chi connectivity index (χ3n) is 5.88. The Morgan fingerprint density at radius 3 is 2.61 bits per heavy atom. The molecule has 28 heavy (non-hydrogen) atoms. The van der Waals surface area contributed by atoms with Crippen molar-refractivity contribution in [1.82, 2.24) is 14.5 Å². The number of nitrogens with one attached hydrogen (secondary N) is 1. The topological polar surface area (TPSA) is 69.7 Å². The molecule has 1 aromatic rings. The molecule has 0 saturated carbocycles. The quantitative estimate of drug-likeness (QED) is 0.787. The molecule has 0 bridgehead atoms. The van der Waals surface area contributed by atoms with Gasteiger partial charge in [-0.15, -0.1) is 0 Å². The first-order valence-corrected chi connectivity index (χ1v) is 11.9. The lowest BCUT2D eigenvalue weighted by molar-refractivity contribution is 0.0922. The average molecular weight is 408 g/mol. The first kappa shape index (κ1) is 21.3. The normalized spacial score (nSPS) is 22.3. The van der Waals surface area contributed by atoms with E-state index in [4.69, 9.17) is 0 Å². The number of piperidine rings is 2. The molecule has 0 aliphatic carbocycles. The number of nitrogens with zero attached hydrogens (tertiary/aromatic N) is 2. The Labute approximate surface area is 169 Å². The zero-order chi connectivity index (χ0) is 20.1. The smallest absolute Gasteiger partial charge is 0.251 e. The van der Waals surface area contributed by atoms with Crippen molar-refractivity contribution in [2.24, 2.45) is 5.92 Å². The van der Waals surface area contributed by atoms with Gasteiger partial charge in [0.05, 0.1) is 4.90 Å². The molecule has 7 heteroatoms. The Balaban J connectivity index is 1.62. The first-order valence-electron chi connectivity index (χ1n) is 10.5. The lowest BCUT2D eigenvalue weighted by atomic mass is 9.97. The van der Waals surface area contributed by atoms with Crippen LogP contribution in [0.2, 0.25) is 0 Å². The van der Waals surface area contributed by atoms with E-state index >= 15 is 0 Å². The van der Waals surface area contributed by atoms with Gasteiger partial charge in [0.15, 0.2) is 0 Å². The van der Waals surface area contributed by atoms with Crippen LogP contribution in [-0.4, -0.2) is 62.3 Å². The summed E-state index contributed by atoms with van der Waals surface area (Å²) in [6.45, 7) is 8.29. The van der Waals surface area contributed by atoms with Gasteiger partial charge in [-0.25, -0.2) is 8.42 Å². The van der Waals surface area contributed by atoms with E-state index in [9.17, 15) is 13.2 Å². The molecule has 0 radical (unpaired) electrons. The van der Waals surface area contributed by atoms with Crippen molar-refractivity contribution in [3.63, 3.8) is 0 Å². The van der Waals surface area contributed by atoms with Gasteiger partial charge in [-0.05, 0) is 70.2 Å². The second-order valence-electron chi connectivity index (χ2n) is 8.30. The number of likely N-dealkylation sites (tertiary alicyclic amines) is 1. The largest absolute Gasteiger partial charge is 0.352 e. The second-order valence-corrected chi connectivity index (χ2v) is 10.2. The van der Waals surface area contributed by atoms with Crippen LogP contribution in [0.5, 0.6) is 0 Å². The molecule has 1 atom stereocenters. The fourth-order valence-corrected chi connectivity index (χ4v) is 5.69. The fourth-order valence-electron chi connectivity index (χ4n) is 4.12. The van der Waals surface area contributed by atoms with Crippen molar-refractivity contribution in [2.45, 2.75) is 56.9 Å². The Hall–Kier alpha value is -1.44.